The summed E-state index contributed by atoms with van der Waals surface area (Å²) in [5, 5.41) is 0. The highest BCUT2D eigenvalue weighted by molar-refractivity contribution is 5.38. The minimum absolute atomic E-state index is 0.127. The highest BCUT2D eigenvalue weighted by atomic mass is 16.5. The van der Waals surface area contributed by atoms with E-state index in [2.05, 4.69) is 36.2 Å². The van der Waals surface area contributed by atoms with Crippen LogP contribution < -0.4 is 16.0 Å². The fraction of sp³-hybridized carbons (Fsp3) is 0.714. The van der Waals surface area contributed by atoms with Crippen LogP contribution in [0, 0.1) is 0 Å². The molecule has 0 spiro atoms. The van der Waals surface area contributed by atoms with Gasteiger partial charge in [0.1, 0.15) is 17.7 Å². The molecule has 5 heteroatoms. The van der Waals surface area contributed by atoms with E-state index >= 15 is 0 Å². The number of rotatable bonds is 3. The molecule has 0 amide bonds. The Morgan fingerprint density at radius 1 is 1.21 bits per heavy atom. The van der Waals surface area contributed by atoms with Gasteiger partial charge < -0.3 is 10.2 Å². The fourth-order valence-electron chi connectivity index (χ4n) is 2.25. The summed E-state index contributed by atoms with van der Waals surface area (Å²) in [7, 11) is 0. The minimum atomic E-state index is -0.127. The van der Waals surface area contributed by atoms with Crippen molar-refractivity contribution in [3.63, 3.8) is 0 Å². The predicted octanol–water partition coefficient (Wildman–Crippen LogP) is 2.77. The van der Waals surface area contributed by atoms with E-state index in [1.165, 1.54) is 19.3 Å². The van der Waals surface area contributed by atoms with Crippen LogP contribution in [0.5, 0.6) is 5.88 Å². The van der Waals surface area contributed by atoms with Crippen molar-refractivity contribution in [1.82, 2.24) is 9.97 Å². The molecule has 1 heterocycles. The van der Waals surface area contributed by atoms with Crippen LogP contribution in [0.4, 0.5) is 5.82 Å². The molecule has 2 rings (SSSR count). The molecule has 0 aliphatic heterocycles. The number of anilines is 1. The van der Waals surface area contributed by atoms with Crippen LogP contribution in [0.25, 0.3) is 0 Å². The lowest BCUT2D eigenvalue weighted by Gasteiger charge is -2.24. The number of hydrogen-bond donors (Lipinski definition) is 2. The molecule has 0 saturated heterocycles. The largest absolute Gasteiger partial charge is 0.474 e. The molecule has 1 aromatic heterocycles. The van der Waals surface area contributed by atoms with E-state index < -0.39 is 0 Å². The first-order valence-corrected chi connectivity index (χ1v) is 7.02. The van der Waals surface area contributed by atoms with Crippen molar-refractivity contribution in [2.45, 2.75) is 64.4 Å². The quantitative estimate of drug-likeness (QED) is 0.648. The van der Waals surface area contributed by atoms with E-state index in [0.29, 0.717) is 11.7 Å². The Morgan fingerprint density at radius 2 is 1.89 bits per heavy atom. The maximum absolute atomic E-state index is 5.99. The Bertz CT molecular complexity index is 422. The summed E-state index contributed by atoms with van der Waals surface area (Å²) < 4.78 is 5.99. The van der Waals surface area contributed by atoms with Crippen LogP contribution in [0.2, 0.25) is 0 Å². The molecule has 0 atom stereocenters. The molecule has 19 heavy (non-hydrogen) atoms. The van der Waals surface area contributed by atoms with Crippen molar-refractivity contribution in [2.24, 2.45) is 5.84 Å². The Morgan fingerprint density at radius 3 is 2.47 bits per heavy atom. The molecule has 5 nitrogen and oxygen atoms in total. The summed E-state index contributed by atoms with van der Waals surface area (Å²) in [4.78, 5) is 8.91. The van der Waals surface area contributed by atoms with E-state index in [-0.39, 0.29) is 11.5 Å². The summed E-state index contributed by atoms with van der Waals surface area (Å²) in [5.41, 5.74) is 2.46. The summed E-state index contributed by atoms with van der Waals surface area (Å²) in [6.45, 7) is 6.23. The van der Waals surface area contributed by atoms with Gasteiger partial charge in [0.2, 0.25) is 5.88 Å². The normalized spacial score (nSPS) is 17.3. The van der Waals surface area contributed by atoms with Crippen LogP contribution in [0.1, 0.15) is 58.7 Å². The maximum Gasteiger partial charge on any atom is 0.219 e. The Labute approximate surface area is 114 Å². The molecule has 0 radical (unpaired) electrons. The molecule has 0 aromatic carbocycles. The van der Waals surface area contributed by atoms with E-state index in [1.807, 2.05) is 0 Å². The highest BCUT2D eigenvalue weighted by Gasteiger charge is 2.21. The second kappa shape index (κ2) is 5.74. The average molecular weight is 264 g/mol. The number of nitrogens with two attached hydrogens (primary N) is 1. The number of aromatic nitrogens is 2. The van der Waals surface area contributed by atoms with Crippen LogP contribution in [0.3, 0.4) is 0 Å². The van der Waals surface area contributed by atoms with Crippen molar-refractivity contribution < 1.29 is 4.74 Å². The molecule has 1 aliphatic carbocycles. The number of nitrogen functional groups attached to an aromatic ring is 1. The lowest BCUT2D eigenvalue weighted by atomic mass is 9.96. The second-order valence-corrected chi connectivity index (χ2v) is 6.19. The first kappa shape index (κ1) is 14.1. The van der Waals surface area contributed by atoms with E-state index in [4.69, 9.17) is 10.6 Å². The van der Waals surface area contributed by atoms with E-state index in [0.717, 1.165) is 18.7 Å². The molecule has 0 bridgehead atoms. The van der Waals surface area contributed by atoms with Gasteiger partial charge in [-0.3, -0.25) is 0 Å². The number of nitrogens with zero attached hydrogens (tertiary/aromatic N) is 2. The predicted molar refractivity (Wildman–Crippen MR) is 76.0 cm³/mol. The first-order chi connectivity index (χ1) is 8.99. The SMILES string of the molecule is CC(C)(C)c1nc(NN)cc(OC2CCCCC2)n1. The fourth-order valence-corrected chi connectivity index (χ4v) is 2.25. The van der Waals surface area contributed by atoms with Gasteiger partial charge in [0.05, 0.1) is 0 Å². The smallest absolute Gasteiger partial charge is 0.219 e. The molecule has 0 unspecified atom stereocenters. The molecular weight excluding hydrogens is 240 g/mol. The Hall–Kier alpha value is -1.36. The molecule has 1 aliphatic rings. The maximum atomic E-state index is 5.99. The molecule has 3 N–H and O–H groups in total. The van der Waals surface area contributed by atoms with Gasteiger partial charge in [-0.15, -0.1) is 0 Å². The second-order valence-electron chi connectivity index (χ2n) is 6.19. The van der Waals surface area contributed by atoms with Crippen molar-refractivity contribution >= 4 is 5.82 Å². The van der Waals surface area contributed by atoms with Gasteiger partial charge in [-0.1, -0.05) is 27.2 Å². The highest BCUT2D eigenvalue weighted by Crippen LogP contribution is 2.26. The van der Waals surface area contributed by atoms with Crippen molar-refractivity contribution in [3.8, 4) is 5.88 Å². The van der Waals surface area contributed by atoms with Crippen molar-refractivity contribution in [2.75, 3.05) is 5.43 Å². The Kier molecular flexibility index (Phi) is 4.24. The van der Waals surface area contributed by atoms with Gasteiger partial charge in [-0.25, -0.2) is 10.8 Å². The van der Waals surface area contributed by atoms with Crippen LogP contribution in [-0.2, 0) is 5.41 Å². The zero-order chi connectivity index (χ0) is 13.9. The third-order valence-corrected chi connectivity index (χ3v) is 3.36. The van der Waals surface area contributed by atoms with E-state index in [1.54, 1.807) is 6.07 Å². The third kappa shape index (κ3) is 3.80. The summed E-state index contributed by atoms with van der Waals surface area (Å²) >= 11 is 0. The zero-order valence-electron chi connectivity index (χ0n) is 12.1. The van der Waals surface area contributed by atoms with Crippen LogP contribution in [0.15, 0.2) is 6.07 Å². The van der Waals surface area contributed by atoms with Gasteiger partial charge in [-0.2, -0.15) is 4.98 Å². The Balaban J connectivity index is 2.19. The van der Waals surface area contributed by atoms with E-state index in [9.17, 15) is 0 Å². The summed E-state index contributed by atoms with van der Waals surface area (Å²) in [6.07, 6.45) is 6.29. The van der Waals surface area contributed by atoms with Gasteiger partial charge in [0, 0.05) is 11.5 Å². The van der Waals surface area contributed by atoms with Crippen molar-refractivity contribution in [1.29, 1.82) is 0 Å². The average Bonchev–Trinajstić information content (AvgIpc) is 2.38. The van der Waals surface area contributed by atoms with Gasteiger partial charge in [0.25, 0.3) is 0 Å². The molecule has 1 saturated carbocycles. The van der Waals surface area contributed by atoms with Gasteiger partial charge in [0.15, 0.2) is 0 Å². The monoisotopic (exact) mass is 264 g/mol. The molecule has 1 fully saturated rings. The van der Waals surface area contributed by atoms with Crippen LogP contribution >= 0.6 is 0 Å². The number of hydrazine groups is 1. The van der Waals surface area contributed by atoms with Crippen LogP contribution in [-0.4, -0.2) is 16.1 Å². The minimum Gasteiger partial charge on any atom is -0.474 e. The van der Waals surface area contributed by atoms with Crippen molar-refractivity contribution in [3.05, 3.63) is 11.9 Å². The topological polar surface area (TPSA) is 73.1 Å². The molecular formula is C14H24N4O. The molecule has 1 aromatic rings. The zero-order valence-corrected chi connectivity index (χ0v) is 12.1. The standard InChI is InChI=1S/C14H24N4O/c1-14(2,3)13-16-11(18-15)9-12(17-13)19-10-7-5-4-6-8-10/h9-10H,4-8,15H2,1-3H3,(H,16,17,18). The summed E-state index contributed by atoms with van der Waals surface area (Å²) in [5.74, 6) is 7.44. The number of ether oxygens (including phenoxy) is 1. The lowest BCUT2D eigenvalue weighted by molar-refractivity contribution is 0.147. The molecule has 106 valence electrons. The lowest BCUT2D eigenvalue weighted by Crippen LogP contribution is -2.23. The van der Waals surface area contributed by atoms with Gasteiger partial charge >= 0.3 is 0 Å². The number of hydrogen-bond acceptors (Lipinski definition) is 5. The summed E-state index contributed by atoms with van der Waals surface area (Å²) in [6, 6.07) is 1.77. The third-order valence-electron chi connectivity index (χ3n) is 3.36. The number of nitrogens with one attached hydrogen (secondary N) is 1. The first-order valence-electron chi connectivity index (χ1n) is 7.02. The van der Waals surface area contributed by atoms with Gasteiger partial charge in [-0.05, 0) is 25.7 Å².